The highest BCUT2D eigenvalue weighted by atomic mass is 35.5. The first-order valence-corrected chi connectivity index (χ1v) is 6.05. The first-order valence-electron chi connectivity index (χ1n) is 5.67. The lowest BCUT2D eigenvalue weighted by Gasteiger charge is -2.11. The second kappa shape index (κ2) is 5.61. The number of amides is 1. The molecule has 0 bridgehead atoms. The quantitative estimate of drug-likeness (QED) is 0.832. The molecule has 0 saturated carbocycles. The molecule has 2 rings (SSSR count). The Morgan fingerprint density at radius 3 is 2.48 bits per heavy atom. The zero-order chi connectivity index (χ0) is 15.6. The Hall–Kier alpha value is -2.28. The van der Waals surface area contributed by atoms with Crippen molar-refractivity contribution in [1.29, 1.82) is 0 Å². The van der Waals surface area contributed by atoms with E-state index in [0.717, 1.165) is 18.2 Å². The van der Waals surface area contributed by atoms with E-state index in [9.17, 15) is 18.0 Å². The number of hydrogen-bond donors (Lipinski definition) is 2. The second-order valence-electron chi connectivity index (χ2n) is 4.12. The van der Waals surface area contributed by atoms with Gasteiger partial charge in [-0.25, -0.2) is 4.98 Å². The van der Waals surface area contributed by atoms with E-state index >= 15 is 0 Å². The molecule has 0 aliphatic carbocycles. The van der Waals surface area contributed by atoms with Crippen LogP contribution in [0.1, 0.15) is 16.1 Å². The monoisotopic (exact) mass is 315 g/mol. The van der Waals surface area contributed by atoms with E-state index in [1.165, 1.54) is 18.3 Å². The van der Waals surface area contributed by atoms with Gasteiger partial charge in [0.1, 0.15) is 5.69 Å². The predicted molar refractivity (Wildman–Crippen MR) is 73.1 cm³/mol. The molecular formula is C13H9ClF3N3O. The average molecular weight is 316 g/mol. The van der Waals surface area contributed by atoms with Gasteiger partial charge in [-0.1, -0.05) is 11.6 Å². The number of halogens is 4. The van der Waals surface area contributed by atoms with Crippen LogP contribution in [-0.2, 0) is 6.18 Å². The van der Waals surface area contributed by atoms with Crippen LogP contribution in [-0.4, -0.2) is 10.9 Å². The minimum atomic E-state index is -4.49. The lowest BCUT2D eigenvalue weighted by molar-refractivity contribution is -0.137. The fraction of sp³-hybridized carbons (Fsp3) is 0.0769. The Labute approximate surface area is 122 Å². The van der Waals surface area contributed by atoms with Crippen LogP contribution in [0.3, 0.4) is 0 Å². The molecule has 8 heteroatoms. The van der Waals surface area contributed by atoms with Gasteiger partial charge in [-0.15, -0.1) is 0 Å². The average Bonchev–Trinajstić information content (AvgIpc) is 2.40. The minimum Gasteiger partial charge on any atom is -0.397 e. The maximum Gasteiger partial charge on any atom is 0.416 e. The summed E-state index contributed by atoms with van der Waals surface area (Å²) in [5.41, 5.74) is 4.58. The molecule has 1 aromatic carbocycles. The Balaban J connectivity index is 2.20. The van der Waals surface area contributed by atoms with Crippen LogP contribution >= 0.6 is 11.6 Å². The third kappa shape index (κ3) is 3.63. The van der Waals surface area contributed by atoms with E-state index < -0.39 is 17.6 Å². The summed E-state index contributed by atoms with van der Waals surface area (Å²) in [5.74, 6) is -0.599. The number of carbonyl (C=O) groups is 1. The Kier molecular flexibility index (Phi) is 4.04. The van der Waals surface area contributed by atoms with Crippen molar-refractivity contribution in [2.75, 3.05) is 11.1 Å². The summed E-state index contributed by atoms with van der Waals surface area (Å²) in [6.45, 7) is 0. The lowest BCUT2D eigenvalue weighted by Crippen LogP contribution is -2.15. The van der Waals surface area contributed by atoms with Crippen LogP contribution in [0, 0.1) is 0 Å². The predicted octanol–water partition coefficient (Wildman–Crippen LogP) is 3.59. The molecule has 0 aliphatic rings. The molecule has 3 N–H and O–H groups in total. The molecule has 21 heavy (non-hydrogen) atoms. The molecule has 0 spiro atoms. The van der Waals surface area contributed by atoms with Crippen LogP contribution in [0.25, 0.3) is 0 Å². The topological polar surface area (TPSA) is 68.0 Å². The van der Waals surface area contributed by atoms with Crippen molar-refractivity contribution in [2.45, 2.75) is 6.18 Å². The molecule has 1 aromatic heterocycles. The van der Waals surface area contributed by atoms with E-state index in [1.54, 1.807) is 0 Å². The van der Waals surface area contributed by atoms with Gasteiger partial charge in [-0.05, 0) is 30.3 Å². The smallest absolute Gasteiger partial charge is 0.397 e. The van der Waals surface area contributed by atoms with Crippen molar-refractivity contribution in [3.8, 4) is 0 Å². The number of alkyl halides is 3. The fourth-order valence-electron chi connectivity index (χ4n) is 1.55. The van der Waals surface area contributed by atoms with Gasteiger partial charge in [0, 0.05) is 6.20 Å². The first kappa shape index (κ1) is 15.1. The third-order valence-corrected chi connectivity index (χ3v) is 2.81. The molecular weight excluding hydrogens is 307 g/mol. The van der Waals surface area contributed by atoms with E-state index in [2.05, 4.69) is 10.3 Å². The highest BCUT2D eigenvalue weighted by molar-refractivity contribution is 6.30. The molecule has 0 radical (unpaired) electrons. The van der Waals surface area contributed by atoms with Gasteiger partial charge in [0.2, 0.25) is 0 Å². The van der Waals surface area contributed by atoms with Gasteiger partial charge in [0.15, 0.2) is 0 Å². The van der Waals surface area contributed by atoms with Crippen LogP contribution in [0.2, 0.25) is 5.02 Å². The number of anilines is 2. The molecule has 0 atom stereocenters. The molecule has 2 aromatic rings. The number of nitrogens with zero attached hydrogens (tertiary/aromatic N) is 1. The molecule has 0 fully saturated rings. The molecule has 0 aliphatic heterocycles. The van der Waals surface area contributed by atoms with E-state index in [1.807, 2.05) is 0 Å². The summed E-state index contributed by atoms with van der Waals surface area (Å²) in [6, 6.07) is 5.54. The van der Waals surface area contributed by atoms with Gasteiger partial charge in [-0.3, -0.25) is 4.79 Å². The summed E-state index contributed by atoms with van der Waals surface area (Å²) in [5, 5.41) is 2.75. The van der Waals surface area contributed by atoms with E-state index in [-0.39, 0.29) is 17.1 Å². The Morgan fingerprint density at radius 1 is 1.24 bits per heavy atom. The van der Waals surface area contributed by atoms with Gasteiger partial charge < -0.3 is 11.1 Å². The van der Waals surface area contributed by atoms with E-state index in [4.69, 9.17) is 17.3 Å². The number of benzene rings is 1. The fourth-order valence-corrected chi connectivity index (χ4v) is 1.66. The maximum absolute atomic E-state index is 12.5. The van der Waals surface area contributed by atoms with Crippen LogP contribution in [0.5, 0.6) is 0 Å². The molecule has 1 amide bonds. The van der Waals surface area contributed by atoms with Crippen LogP contribution in [0.15, 0.2) is 36.5 Å². The summed E-state index contributed by atoms with van der Waals surface area (Å²) in [6.07, 6.45) is -3.21. The van der Waals surface area contributed by atoms with Crippen molar-refractivity contribution in [1.82, 2.24) is 4.98 Å². The number of nitrogens with one attached hydrogen (secondary N) is 1. The van der Waals surface area contributed by atoms with Crippen molar-refractivity contribution >= 4 is 28.9 Å². The second-order valence-corrected chi connectivity index (χ2v) is 4.55. The van der Waals surface area contributed by atoms with Gasteiger partial charge in [0.25, 0.3) is 5.91 Å². The number of carbonyl (C=O) groups excluding carboxylic acids is 1. The number of rotatable bonds is 2. The summed E-state index contributed by atoms with van der Waals surface area (Å²) >= 11 is 5.64. The van der Waals surface area contributed by atoms with Crippen molar-refractivity contribution in [2.24, 2.45) is 0 Å². The Bertz CT molecular complexity index is 671. The standard InChI is InChI=1S/C13H9ClF3N3O/c14-8-2-4-11(19-6-8)12(21)20-10-3-1-7(5-9(10)18)13(15,16)17/h1-6H,18H2,(H,20,21). The highest BCUT2D eigenvalue weighted by Gasteiger charge is 2.30. The zero-order valence-electron chi connectivity index (χ0n) is 10.4. The lowest BCUT2D eigenvalue weighted by atomic mass is 10.1. The number of pyridine rings is 1. The van der Waals surface area contributed by atoms with Crippen molar-refractivity contribution < 1.29 is 18.0 Å². The molecule has 110 valence electrons. The minimum absolute atomic E-state index is 0.0682. The van der Waals surface area contributed by atoms with Crippen molar-refractivity contribution in [3.05, 3.63) is 52.8 Å². The SMILES string of the molecule is Nc1cc(C(F)(F)F)ccc1NC(=O)c1ccc(Cl)cn1. The van der Waals surface area contributed by atoms with E-state index in [0.29, 0.717) is 5.02 Å². The number of aromatic nitrogens is 1. The van der Waals surface area contributed by atoms with Gasteiger partial charge in [0.05, 0.1) is 22.0 Å². The molecule has 0 saturated heterocycles. The number of hydrogen-bond acceptors (Lipinski definition) is 3. The number of nitrogen functional groups attached to an aromatic ring is 1. The zero-order valence-corrected chi connectivity index (χ0v) is 11.2. The molecule has 1 heterocycles. The summed E-state index contributed by atoms with van der Waals surface area (Å²) < 4.78 is 37.5. The Morgan fingerprint density at radius 2 is 1.95 bits per heavy atom. The highest BCUT2D eigenvalue weighted by Crippen LogP contribution is 2.32. The largest absolute Gasteiger partial charge is 0.416 e. The van der Waals surface area contributed by atoms with Gasteiger partial charge in [-0.2, -0.15) is 13.2 Å². The molecule has 4 nitrogen and oxygen atoms in total. The van der Waals surface area contributed by atoms with Crippen molar-refractivity contribution in [3.63, 3.8) is 0 Å². The van der Waals surface area contributed by atoms with Gasteiger partial charge >= 0.3 is 6.18 Å². The third-order valence-electron chi connectivity index (χ3n) is 2.59. The maximum atomic E-state index is 12.5. The molecule has 0 unspecified atom stereocenters. The normalized spacial score (nSPS) is 11.2. The summed E-state index contributed by atoms with van der Waals surface area (Å²) in [4.78, 5) is 15.7. The van der Waals surface area contributed by atoms with Crippen LogP contribution < -0.4 is 11.1 Å². The summed E-state index contributed by atoms with van der Waals surface area (Å²) in [7, 11) is 0. The number of nitrogens with two attached hydrogens (primary N) is 1. The first-order chi connectivity index (χ1) is 9.77. The van der Waals surface area contributed by atoms with Crippen LogP contribution in [0.4, 0.5) is 24.5 Å².